The Bertz CT molecular complexity index is 1320. The summed E-state index contributed by atoms with van der Waals surface area (Å²) in [5.41, 5.74) is 1.37. The SMILES string of the molecule is Cc1nn(Cc2ccccc2Cl)c(Cl)c1C(=O)OCn1nnc2ccccc2c1=O. The fourth-order valence-electron chi connectivity index (χ4n) is 2.98. The van der Waals surface area contributed by atoms with E-state index in [0.717, 1.165) is 10.2 Å². The highest BCUT2D eigenvalue weighted by Gasteiger charge is 2.22. The number of carbonyl (C=O) groups is 1. The van der Waals surface area contributed by atoms with Crippen molar-refractivity contribution >= 4 is 40.1 Å². The summed E-state index contributed by atoms with van der Waals surface area (Å²) >= 11 is 12.6. The Kier molecular flexibility index (Phi) is 5.52. The fraction of sp³-hybridized carbons (Fsp3) is 0.150. The van der Waals surface area contributed by atoms with Crippen LogP contribution in [0.4, 0.5) is 0 Å². The van der Waals surface area contributed by atoms with E-state index >= 15 is 0 Å². The second-order valence-electron chi connectivity index (χ2n) is 6.47. The molecule has 0 aliphatic rings. The molecule has 0 radical (unpaired) electrons. The van der Waals surface area contributed by atoms with Crippen molar-refractivity contribution in [3.05, 3.63) is 85.9 Å². The molecular formula is C20H15Cl2N5O3. The summed E-state index contributed by atoms with van der Waals surface area (Å²) in [7, 11) is 0. The standard InChI is InChI=1S/C20H15Cl2N5O3/c1-12-17(18(22)26(24-12)10-13-6-2-4-8-15(13)21)20(29)30-11-27-19(28)14-7-3-5-9-16(14)23-25-27/h2-9H,10-11H2,1H3. The number of benzene rings is 2. The summed E-state index contributed by atoms with van der Waals surface area (Å²) in [6.45, 7) is 1.54. The van der Waals surface area contributed by atoms with Gasteiger partial charge in [-0.1, -0.05) is 58.7 Å². The van der Waals surface area contributed by atoms with E-state index in [0.29, 0.717) is 28.2 Å². The highest BCUT2D eigenvalue weighted by molar-refractivity contribution is 6.33. The van der Waals surface area contributed by atoms with Crippen molar-refractivity contribution in [1.82, 2.24) is 24.8 Å². The summed E-state index contributed by atoms with van der Waals surface area (Å²) < 4.78 is 7.69. The average Bonchev–Trinajstić information content (AvgIpc) is 3.02. The molecule has 0 N–H and O–H groups in total. The van der Waals surface area contributed by atoms with Gasteiger partial charge in [0, 0.05) is 5.02 Å². The van der Waals surface area contributed by atoms with E-state index in [9.17, 15) is 9.59 Å². The van der Waals surface area contributed by atoms with E-state index in [1.165, 1.54) is 4.68 Å². The number of rotatable bonds is 5. The third-order valence-corrected chi connectivity index (χ3v) is 5.25. The number of esters is 1. The molecule has 0 amide bonds. The molecule has 0 fully saturated rings. The van der Waals surface area contributed by atoms with Crippen molar-refractivity contribution in [3.8, 4) is 0 Å². The molecule has 4 rings (SSSR count). The zero-order valence-electron chi connectivity index (χ0n) is 15.7. The lowest BCUT2D eigenvalue weighted by atomic mass is 10.2. The highest BCUT2D eigenvalue weighted by atomic mass is 35.5. The quantitative estimate of drug-likeness (QED) is 0.438. The Balaban J connectivity index is 1.54. The van der Waals surface area contributed by atoms with Gasteiger partial charge in [-0.15, -0.1) is 5.10 Å². The minimum atomic E-state index is -0.718. The Hall–Kier alpha value is -3.23. The molecule has 0 aliphatic carbocycles. The van der Waals surface area contributed by atoms with E-state index in [1.807, 2.05) is 18.2 Å². The van der Waals surface area contributed by atoms with Crippen LogP contribution in [0.1, 0.15) is 21.6 Å². The fourth-order valence-corrected chi connectivity index (χ4v) is 3.48. The largest absolute Gasteiger partial charge is 0.438 e. The number of hydrogen-bond donors (Lipinski definition) is 0. The number of ether oxygens (including phenoxy) is 1. The van der Waals surface area contributed by atoms with Gasteiger partial charge in [-0.2, -0.15) is 9.78 Å². The van der Waals surface area contributed by atoms with Crippen LogP contribution in [0, 0.1) is 6.92 Å². The van der Waals surface area contributed by atoms with E-state index < -0.39 is 18.3 Å². The van der Waals surface area contributed by atoms with Crippen molar-refractivity contribution in [3.63, 3.8) is 0 Å². The molecule has 0 saturated carbocycles. The summed E-state index contributed by atoms with van der Waals surface area (Å²) in [6.07, 6.45) is 0. The maximum atomic E-state index is 12.6. The van der Waals surface area contributed by atoms with Gasteiger partial charge in [0.25, 0.3) is 5.56 Å². The Labute approximate surface area is 180 Å². The van der Waals surface area contributed by atoms with Gasteiger partial charge in [0.1, 0.15) is 16.2 Å². The van der Waals surface area contributed by atoms with Crippen LogP contribution < -0.4 is 5.56 Å². The minimum absolute atomic E-state index is 0.116. The number of halogens is 2. The summed E-state index contributed by atoms with van der Waals surface area (Å²) in [5.74, 6) is -0.718. The van der Waals surface area contributed by atoms with Crippen LogP contribution >= 0.6 is 23.2 Å². The monoisotopic (exact) mass is 443 g/mol. The molecule has 2 aromatic carbocycles. The number of aryl methyl sites for hydroxylation is 1. The molecule has 0 bridgehead atoms. The van der Waals surface area contributed by atoms with Crippen molar-refractivity contribution in [2.45, 2.75) is 20.2 Å². The number of nitrogens with zero attached hydrogens (tertiary/aromatic N) is 5. The first-order valence-corrected chi connectivity index (χ1v) is 9.67. The normalized spacial score (nSPS) is 11.0. The van der Waals surface area contributed by atoms with Gasteiger partial charge in [-0.05, 0) is 30.7 Å². The molecule has 0 aliphatic heterocycles. The average molecular weight is 444 g/mol. The molecule has 4 aromatic rings. The number of fused-ring (bicyclic) bond motifs is 1. The molecular weight excluding hydrogens is 429 g/mol. The molecule has 0 unspecified atom stereocenters. The maximum Gasteiger partial charge on any atom is 0.344 e. The van der Waals surface area contributed by atoms with Gasteiger partial charge in [0.2, 0.25) is 0 Å². The van der Waals surface area contributed by atoms with E-state index in [-0.39, 0.29) is 10.7 Å². The zero-order valence-corrected chi connectivity index (χ0v) is 17.3. The third-order valence-electron chi connectivity index (χ3n) is 4.49. The van der Waals surface area contributed by atoms with Gasteiger partial charge in [-0.3, -0.25) is 4.79 Å². The van der Waals surface area contributed by atoms with Crippen LogP contribution in [0.3, 0.4) is 0 Å². The highest BCUT2D eigenvalue weighted by Crippen LogP contribution is 2.24. The Morgan fingerprint density at radius 3 is 2.60 bits per heavy atom. The van der Waals surface area contributed by atoms with Crippen LogP contribution in [-0.2, 0) is 18.0 Å². The summed E-state index contributed by atoms with van der Waals surface area (Å²) in [4.78, 5) is 25.1. The van der Waals surface area contributed by atoms with Gasteiger partial charge in [0.05, 0.1) is 17.6 Å². The molecule has 0 spiro atoms. The number of hydrogen-bond acceptors (Lipinski definition) is 6. The summed E-state index contributed by atoms with van der Waals surface area (Å²) in [5, 5.41) is 13.1. The maximum absolute atomic E-state index is 12.6. The van der Waals surface area contributed by atoms with Crippen LogP contribution in [0.25, 0.3) is 10.9 Å². The van der Waals surface area contributed by atoms with Gasteiger partial charge >= 0.3 is 5.97 Å². The molecule has 152 valence electrons. The molecule has 0 saturated heterocycles. The molecule has 2 aromatic heterocycles. The van der Waals surface area contributed by atoms with E-state index in [1.54, 1.807) is 37.3 Å². The van der Waals surface area contributed by atoms with Crippen LogP contribution in [0.5, 0.6) is 0 Å². The Morgan fingerprint density at radius 2 is 1.80 bits per heavy atom. The van der Waals surface area contributed by atoms with Crippen LogP contribution in [-0.4, -0.2) is 30.7 Å². The molecule has 0 atom stereocenters. The van der Waals surface area contributed by atoms with Crippen molar-refractivity contribution < 1.29 is 9.53 Å². The van der Waals surface area contributed by atoms with Crippen molar-refractivity contribution in [2.24, 2.45) is 0 Å². The van der Waals surface area contributed by atoms with Crippen LogP contribution in [0.15, 0.2) is 53.3 Å². The topological polar surface area (TPSA) is 91.9 Å². The summed E-state index contributed by atoms with van der Waals surface area (Å²) in [6, 6.07) is 14.1. The van der Waals surface area contributed by atoms with Gasteiger partial charge in [0.15, 0.2) is 6.73 Å². The molecule has 10 heteroatoms. The first kappa shape index (κ1) is 20.1. The molecule has 30 heavy (non-hydrogen) atoms. The predicted molar refractivity (Wildman–Crippen MR) is 112 cm³/mol. The molecule has 2 heterocycles. The molecule has 8 nitrogen and oxygen atoms in total. The lowest BCUT2D eigenvalue weighted by Crippen LogP contribution is -2.26. The van der Waals surface area contributed by atoms with Gasteiger partial charge in [-0.25, -0.2) is 9.48 Å². The second kappa shape index (κ2) is 8.25. The predicted octanol–water partition coefficient (Wildman–Crippen LogP) is 3.47. The zero-order chi connectivity index (χ0) is 21.3. The third kappa shape index (κ3) is 3.79. The van der Waals surface area contributed by atoms with E-state index in [4.69, 9.17) is 27.9 Å². The lowest BCUT2D eigenvalue weighted by molar-refractivity contribution is 0.0335. The van der Waals surface area contributed by atoms with Gasteiger partial charge < -0.3 is 4.74 Å². The Morgan fingerprint density at radius 1 is 1.07 bits per heavy atom. The first-order valence-electron chi connectivity index (χ1n) is 8.91. The number of aromatic nitrogens is 5. The van der Waals surface area contributed by atoms with Crippen LogP contribution in [0.2, 0.25) is 10.2 Å². The second-order valence-corrected chi connectivity index (χ2v) is 7.24. The van der Waals surface area contributed by atoms with Crippen molar-refractivity contribution in [2.75, 3.05) is 0 Å². The lowest BCUT2D eigenvalue weighted by Gasteiger charge is -2.07. The minimum Gasteiger partial charge on any atom is -0.438 e. The number of carbonyl (C=O) groups excluding carboxylic acids is 1. The first-order chi connectivity index (χ1) is 14.5. The van der Waals surface area contributed by atoms with Crippen molar-refractivity contribution in [1.29, 1.82) is 0 Å². The van der Waals surface area contributed by atoms with E-state index in [2.05, 4.69) is 15.4 Å². The smallest absolute Gasteiger partial charge is 0.344 e.